The highest BCUT2D eigenvalue weighted by atomic mass is 35.5. The lowest BCUT2D eigenvalue weighted by atomic mass is 10.1. The maximum atomic E-state index is 12.6. The third-order valence-electron chi connectivity index (χ3n) is 2.13. The quantitative estimate of drug-likeness (QED) is 0.451. The van der Waals surface area contributed by atoms with Crippen molar-refractivity contribution in [3.8, 4) is 0 Å². The van der Waals surface area contributed by atoms with E-state index in [1.165, 1.54) is 0 Å². The number of rotatable bonds is 4. The van der Waals surface area contributed by atoms with E-state index < -0.39 is 39.7 Å². The van der Waals surface area contributed by atoms with Gasteiger partial charge >= 0.3 is 11.7 Å². The van der Waals surface area contributed by atoms with E-state index in [9.17, 15) is 31.1 Å². The van der Waals surface area contributed by atoms with E-state index in [-0.39, 0.29) is 17.9 Å². The molecule has 0 spiro atoms. The van der Waals surface area contributed by atoms with E-state index in [0.717, 1.165) is 6.07 Å². The van der Waals surface area contributed by atoms with Crippen LogP contribution in [0.1, 0.15) is 11.1 Å². The molecule has 0 atom stereocenters. The van der Waals surface area contributed by atoms with Crippen molar-refractivity contribution in [2.45, 2.75) is 23.0 Å². The van der Waals surface area contributed by atoms with Crippen LogP contribution in [0.3, 0.4) is 0 Å². The zero-order valence-electron chi connectivity index (χ0n) is 9.61. The third-order valence-corrected chi connectivity index (χ3v) is 3.21. The molecule has 0 fully saturated rings. The number of alkyl halides is 7. The molecule has 0 unspecified atom stereocenters. The summed E-state index contributed by atoms with van der Waals surface area (Å²) in [6.07, 6.45) is -5.21. The van der Waals surface area contributed by atoms with Crippen molar-refractivity contribution in [3.63, 3.8) is 0 Å². The summed E-state index contributed by atoms with van der Waals surface area (Å²) in [5.41, 5.74) is -6.19. The van der Waals surface area contributed by atoms with Gasteiger partial charge in [0.15, 0.2) is 5.78 Å². The Hall–Kier alpha value is -0.890. The SMILES string of the molecule is O=C(CCl)Cc1ccc(C(F)(F)F)c(SC(F)(F)F)c1. The van der Waals surface area contributed by atoms with Gasteiger partial charge in [0, 0.05) is 11.3 Å². The topological polar surface area (TPSA) is 17.1 Å². The molecule has 1 aromatic carbocycles. The van der Waals surface area contributed by atoms with Crippen LogP contribution in [0, 0.1) is 0 Å². The van der Waals surface area contributed by atoms with Crippen molar-refractivity contribution in [2.24, 2.45) is 0 Å². The largest absolute Gasteiger partial charge is 0.446 e. The van der Waals surface area contributed by atoms with Crippen molar-refractivity contribution in [1.29, 1.82) is 0 Å². The van der Waals surface area contributed by atoms with Gasteiger partial charge in [0.1, 0.15) is 0 Å². The number of carbonyl (C=O) groups excluding carboxylic acids is 1. The van der Waals surface area contributed by atoms with E-state index >= 15 is 0 Å². The minimum absolute atomic E-state index is 0.0513. The number of ketones is 1. The summed E-state index contributed by atoms with van der Waals surface area (Å²) in [7, 11) is 0. The second kappa shape index (κ2) is 6.26. The number of benzene rings is 1. The molecule has 0 aliphatic heterocycles. The summed E-state index contributed by atoms with van der Waals surface area (Å²) in [6.45, 7) is 0. The van der Waals surface area contributed by atoms with Gasteiger partial charge in [-0.05, 0) is 29.5 Å². The van der Waals surface area contributed by atoms with Gasteiger partial charge in [0.05, 0.1) is 11.4 Å². The minimum Gasteiger partial charge on any atom is -0.298 e. The van der Waals surface area contributed by atoms with Gasteiger partial charge in [-0.2, -0.15) is 26.3 Å². The van der Waals surface area contributed by atoms with Crippen molar-refractivity contribution >= 4 is 29.1 Å². The second-order valence-corrected chi connectivity index (χ2v) is 5.10. The molecule has 0 saturated heterocycles. The molecular formula is C11H7ClF6OS. The Morgan fingerprint density at radius 2 is 1.75 bits per heavy atom. The zero-order chi connectivity index (χ0) is 15.6. The predicted molar refractivity (Wildman–Crippen MR) is 62.8 cm³/mol. The van der Waals surface area contributed by atoms with E-state index in [2.05, 4.69) is 0 Å². The molecule has 0 radical (unpaired) electrons. The van der Waals surface area contributed by atoms with Crippen LogP contribution in [0.4, 0.5) is 26.3 Å². The molecule has 0 saturated carbocycles. The van der Waals surface area contributed by atoms with E-state index in [1.54, 1.807) is 0 Å². The van der Waals surface area contributed by atoms with Gasteiger partial charge in [-0.25, -0.2) is 0 Å². The molecule has 1 aromatic rings. The molecule has 0 aromatic heterocycles. The van der Waals surface area contributed by atoms with Crippen molar-refractivity contribution in [3.05, 3.63) is 29.3 Å². The number of carbonyl (C=O) groups is 1. The number of halogens is 7. The Balaban J connectivity index is 3.18. The first-order valence-electron chi connectivity index (χ1n) is 5.06. The Labute approximate surface area is 119 Å². The van der Waals surface area contributed by atoms with E-state index in [4.69, 9.17) is 11.6 Å². The summed E-state index contributed by atoms with van der Waals surface area (Å²) in [6, 6.07) is 2.21. The average Bonchev–Trinajstić information content (AvgIpc) is 2.25. The van der Waals surface area contributed by atoms with Gasteiger partial charge in [0.25, 0.3) is 0 Å². The maximum absolute atomic E-state index is 12.6. The summed E-state index contributed by atoms with van der Waals surface area (Å²) >= 11 is 4.38. The van der Waals surface area contributed by atoms with Crippen LogP contribution in [-0.2, 0) is 17.4 Å². The predicted octanol–water partition coefficient (Wildman–Crippen LogP) is 4.67. The second-order valence-electron chi connectivity index (χ2n) is 3.73. The fraction of sp³-hybridized carbons (Fsp3) is 0.364. The standard InChI is InChI=1S/C11H7ClF6OS/c12-5-7(19)3-6-1-2-8(10(13,14)15)9(4-6)20-11(16,17)18/h1-2,4H,3,5H2. The fourth-order valence-electron chi connectivity index (χ4n) is 1.39. The lowest BCUT2D eigenvalue weighted by Gasteiger charge is -2.15. The van der Waals surface area contributed by atoms with Crippen LogP contribution in [0.15, 0.2) is 23.1 Å². The lowest BCUT2D eigenvalue weighted by Crippen LogP contribution is -2.11. The zero-order valence-corrected chi connectivity index (χ0v) is 11.2. The van der Waals surface area contributed by atoms with Crippen LogP contribution in [-0.4, -0.2) is 17.2 Å². The molecule has 0 bridgehead atoms. The molecule has 112 valence electrons. The average molecular weight is 337 g/mol. The van der Waals surface area contributed by atoms with Crippen LogP contribution < -0.4 is 0 Å². The van der Waals surface area contributed by atoms with Gasteiger partial charge < -0.3 is 0 Å². The summed E-state index contributed by atoms with van der Waals surface area (Å²) in [4.78, 5) is 10.1. The molecule has 1 rings (SSSR count). The highest BCUT2D eigenvalue weighted by molar-refractivity contribution is 8.00. The van der Waals surface area contributed by atoms with Gasteiger partial charge in [-0.15, -0.1) is 11.6 Å². The molecule has 1 nitrogen and oxygen atoms in total. The molecule has 9 heteroatoms. The summed E-state index contributed by atoms with van der Waals surface area (Å²) in [5.74, 6) is -0.850. The van der Waals surface area contributed by atoms with Crippen LogP contribution in [0.25, 0.3) is 0 Å². The Morgan fingerprint density at radius 1 is 1.15 bits per heavy atom. The van der Waals surface area contributed by atoms with Gasteiger partial charge in [-0.3, -0.25) is 4.79 Å². The minimum atomic E-state index is -4.90. The molecule has 0 amide bonds. The molecular weight excluding hydrogens is 330 g/mol. The molecule has 0 aliphatic carbocycles. The molecule has 0 aliphatic rings. The van der Waals surface area contributed by atoms with E-state index in [1.807, 2.05) is 0 Å². The van der Waals surface area contributed by atoms with Crippen molar-refractivity contribution in [1.82, 2.24) is 0 Å². The molecule has 0 heterocycles. The first kappa shape index (κ1) is 17.2. The van der Waals surface area contributed by atoms with Gasteiger partial charge in [0.2, 0.25) is 0 Å². The monoisotopic (exact) mass is 336 g/mol. The first-order valence-corrected chi connectivity index (χ1v) is 6.41. The van der Waals surface area contributed by atoms with E-state index in [0.29, 0.717) is 12.1 Å². The Bertz CT molecular complexity index is 497. The third kappa shape index (κ3) is 5.24. The fourth-order valence-corrected chi connectivity index (χ4v) is 2.24. The summed E-state index contributed by atoms with van der Waals surface area (Å²) in [5, 5.41) is 0. The van der Waals surface area contributed by atoms with Gasteiger partial charge in [-0.1, -0.05) is 6.07 Å². The van der Waals surface area contributed by atoms with Crippen molar-refractivity contribution in [2.75, 3.05) is 5.88 Å². The number of hydrogen-bond acceptors (Lipinski definition) is 2. The summed E-state index contributed by atoms with van der Waals surface area (Å²) < 4.78 is 74.7. The lowest BCUT2D eigenvalue weighted by molar-refractivity contribution is -0.139. The number of hydrogen-bond donors (Lipinski definition) is 0. The van der Waals surface area contributed by atoms with Crippen LogP contribution in [0.5, 0.6) is 0 Å². The first-order chi connectivity index (χ1) is 9.03. The smallest absolute Gasteiger partial charge is 0.298 e. The number of Topliss-reactive ketones (excluding diaryl/α,β-unsaturated/α-hetero) is 1. The molecule has 20 heavy (non-hydrogen) atoms. The van der Waals surface area contributed by atoms with Crippen LogP contribution in [0.2, 0.25) is 0 Å². The normalized spacial score (nSPS) is 12.6. The Kier molecular flexibility index (Phi) is 5.37. The maximum Gasteiger partial charge on any atom is 0.446 e. The number of thioether (sulfide) groups is 1. The van der Waals surface area contributed by atoms with Crippen molar-refractivity contribution < 1.29 is 31.1 Å². The highest BCUT2D eigenvalue weighted by Gasteiger charge is 2.38. The highest BCUT2D eigenvalue weighted by Crippen LogP contribution is 2.43. The van der Waals surface area contributed by atoms with Crippen LogP contribution >= 0.6 is 23.4 Å². The Morgan fingerprint density at radius 3 is 2.20 bits per heavy atom. The molecule has 0 N–H and O–H groups in total.